The molecule has 26 heavy (non-hydrogen) atoms. The van der Waals surface area contributed by atoms with E-state index in [1.165, 1.54) is 40.1 Å². The minimum Gasteiger partial charge on any atom is -0.227 e. The van der Waals surface area contributed by atoms with Crippen LogP contribution in [0.1, 0.15) is 35.2 Å². The van der Waals surface area contributed by atoms with Gasteiger partial charge in [-0.15, -0.1) is 0 Å². The molecule has 4 rings (SSSR count). The smallest absolute Gasteiger partial charge is 0.189 e. The van der Waals surface area contributed by atoms with Gasteiger partial charge in [-0.1, -0.05) is 71.6 Å². The van der Waals surface area contributed by atoms with Gasteiger partial charge in [-0.2, -0.15) is 0 Å². The molecule has 1 aromatic heterocycles. The lowest BCUT2D eigenvalue weighted by molar-refractivity contribution is 0.628. The summed E-state index contributed by atoms with van der Waals surface area (Å²) in [7, 11) is 0. The molecular formula is C22H22N2S2. The van der Waals surface area contributed by atoms with Gasteiger partial charge in [0.2, 0.25) is 0 Å². The van der Waals surface area contributed by atoms with Crippen molar-refractivity contribution in [3.63, 3.8) is 0 Å². The van der Waals surface area contributed by atoms with Crippen LogP contribution in [0.3, 0.4) is 0 Å². The number of hydrogen-bond acceptors (Lipinski definition) is 4. The summed E-state index contributed by atoms with van der Waals surface area (Å²) in [5.74, 6) is 0.911. The number of fused-ring (bicyclic) bond motifs is 1. The number of aromatic nitrogens is 2. The van der Waals surface area contributed by atoms with Crippen molar-refractivity contribution in [1.82, 2.24) is 9.97 Å². The monoisotopic (exact) mass is 378 g/mol. The second-order valence-electron chi connectivity index (χ2n) is 6.63. The molecule has 1 aliphatic carbocycles. The van der Waals surface area contributed by atoms with Crippen LogP contribution in [0.2, 0.25) is 0 Å². The Kier molecular flexibility index (Phi) is 5.61. The number of benzene rings is 2. The molecule has 0 saturated heterocycles. The number of hydrogen-bond donors (Lipinski definition) is 0. The van der Waals surface area contributed by atoms with E-state index in [9.17, 15) is 0 Å². The Morgan fingerprint density at radius 3 is 2.46 bits per heavy atom. The first-order chi connectivity index (χ1) is 12.8. The average molecular weight is 379 g/mol. The molecule has 132 valence electrons. The van der Waals surface area contributed by atoms with Crippen molar-refractivity contribution in [1.29, 1.82) is 0 Å². The van der Waals surface area contributed by atoms with Crippen LogP contribution in [0, 0.1) is 6.92 Å². The highest BCUT2D eigenvalue weighted by Gasteiger charge is 2.18. The van der Waals surface area contributed by atoms with Gasteiger partial charge in [0, 0.05) is 21.9 Å². The lowest BCUT2D eigenvalue weighted by atomic mass is 9.98. The van der Waals surface area contributed by atoms with Crippen LogP contribution in [-0.2, 0) is 18.6 Å². The van der Waals surface area contributed by atoms with Crippen molar-refractivity contribution < 1.29 is 0 Å². The van der Waals surface area contributed by atoms with Crippen molar-refractivity contribution in [2.75, 3.05) is 0 Å². The molecule has 4 heteroatoms. The van der Waals surface area contributed by atoms with Crippen LogP contribution in [-0.4, -0.2) is 9.97 Å². The van der Waals surface area contributed by atoms with E-state index in [2.05, 4.69) is 61.5 Å². The topological polar surface area (TPSA) is 25.8 Å². The van der Waals surface area contributed by atoms with Crippen molar-refractivity contribution >= 4 is 23.5 Å². The highest BCUT2D eigenvalue weighted by atomic mass is 32.2. The Morgan fingerprint density at radius 1 is 0.885 bits per heavy atom. The van der Waals surface area contributed by atoms with Crippen molar-refractivity contribution in [2.45, 2.75) is 53.4 Å². The van der Waals surface area contributed by atoms with E-state index >= 15 is 0 Å². The molecule has 0 N–H and O–H groups in total. The van der Waals surface area contributed by atoms with Crippen LogP contribution in [0.5, 0.6) is 0 Å². The van der Waals surface area contributed by atoms with E-state index in [4.69, 9.17) is 9.97 Å². The van der Waals surface area contributed by atoms with Crippen molar-refractivity contribution in [2.24, 2.45) is 0 Å². The summed E-state index contributed by atoms with van der Waals surface area (Å²) >= 11 is 3.52. The Bertz CT molecular complexity index is 877. The summed E-state index contributed by atoms with van der Waals surface area (Å²) in [6.07, 6.45) is 4.67. The first kappa shape index (κ1) is 17.6. The summed E-state index contributed by atoms with van der Waals surface area (Å²) in [6.45, 7) is 2.12. The molecule has 0 aliphatic heterocycles. The Balaban J connectivity index is 1.58. The zero-order valence-corrected chi connectivity index (χ0v) is 16.6. The van der Waals surface area contributed by atoms with Gasteiger partial charge < -0.3 is 0 Å². The van der Waals surface area contributed by atoms with E-state index in [0.29, 0.717) is 0 Å². The van der Waals surface area contributed by atoms with Gasteiger partial charge in [-0.05, 0) is 50.3 Å². The van der Waals surface area contributed by atoms with Gasteiger partial charge in [0.05, 0.1) is 0 Å². The number of nitrogens with zero attached hydrogens (tertiary/aromatic N) is 2. The zero-order chi connectivity index (χ0) is 17.8. The zero-order valence-electron chi connectivity index (χ0n) is 14.9. The molecule has 0 amide bonds. The molecule has 1 heterocycles. The maximum atomic E-state index is 4.93. The number of aryl methyl sites for hydroxylation is 2. The molecule has 2 aromatic carbocycles. The normalized spacial score (nSPS) is 13.4. The van der Waals surface area contributed by atoms with Gasteiger partial charge >= 0.3 is 0 Å². The van der Waals surface area contributed by atoms with Gasteiger partial charge in [0.1, 0.15) is 5.03 Å². The molecule has 0 atom stereocenters. The first-order valence-electron chi connectivity index (χ1n) is 9.09. The number of thioether (sulfide) groups is 1. The molecule has 1 aliphatic rings. The van der Waals surface area contributed by atoms with E-state index in [0.717, 1.165) is 28.8 Å². The SMILES string of the molecule is Cc1ccc(CSc2nc3c(c(Sc4ccccc4)n2)CCCC3)cc1. The Morgan fingerprint density at radius 2 is 1.65 bits per heavy atom. The minimum absolute atomic E-state index is 0.907. The molecular weight excluding hydrogens is 356 g/mol. The van der Waals surface area contributed by atoms with Crippen LogP contribution in [0.15, 0.2) is 69.7 Å². The molecule has 0 unspecified atom stereocenters. The highest BCUT2D eigenvalue weighted by Crippen LogP contribution is 2.35. The first-order valence-corrected chi connectivity index (χ1v) is 10.9. The third kappa shape index (κ3) is 4.30. The second kappa shape index (κ2) is 8.28. The van der Waals surface area contributed by atoms with Crippen molar-refractivity contribution in [3.8, 4) is 0 Å². The largest absolute Gasteiger partial charge is 0.227 e. The Hall–Kier alpha value is -1.78. The predicted molar refractivity (Wildman–Crippen MR) is 110 cm³/mol. The van der Waals surface area contributed by atoms with Gasteiger partial charge in [-0.3, -0.25) is 0 Å². The lowest BCUT2D eigenvalue weighted by Gasteiger charge is -2.18. The standard InChI is InChI=1S/C22H22N2S2/c1-16-11-13-17(14-12-16)15-25-22-23-20-10-6-5-9-19(20)21(24-22)26-18-7-3-2-4-8-18/h2-4,7-8,11-14H,5-6,9-10,15H2,1H3. The number of rotatable bonds is 5. The molecule has 3 aromatic rings. The summed E-state index contributed by atoms with van der Waals surface area (Å²) in [6, 6.07) is 19.3. The summed E-state index contributed by atoms with van der Waals surface area (Å²) in [4.78, 5) is 11.1. The van der Waals surface area contributed by atoms with E-state index < -0.39 is 0 Å². The summed E-state index contributed by atoms with van der Waals surface area (Å²) in [5, 5.41) is 2.05. The third-order valence-electron chi connectivity index (χ3n) is 4.57. The summed E-state index contributed by atoms with van der Waals surface area (Å²) in [5.41, 5.74) is 5.24. The van der Waals surface area contributed by atoms with Crippen molar-refractivity contribution in [3.05, 3.63) is 77.0 Å². The summed E-state index contributed by atoms with van der Waals surface area (Å²) < 4.78 is 0. The lowest BCUT2D eigenvalue weighted by Crippen LogP contribution is -2.09. The quantitative estimate of drug-likeness (QED) is 0.304. The predicted octanol–water partition coefficient (Wildman–Crippen LogP) is 6.11. The van der Waals surface area contributed by atoms with Crippen LogP contribution in [0.25, 0.3) is 0 Å². The van der Waals surface area contributed by atoms with Crippen LogP contribution < -0.4 is 0 Å². The van der Waals surface area contributed by atoms with E-state index in [1.807, 2.05) is 0 Å². The minimum atomic E-state index is 0.907. The Labute approximate surface area is 163 Å². The molecule has 2 nitrogen and oxygen atoms in total. The average Bonchev–Trinajstić information content (AvgIpc) is 2.68. The van der Waals surface area contributed by atoms with Gasteiger partial charge in [0.15, 0.2) is 5.16 Å². The fourth-order valence-electron chi connectivity index (χ4n) is 3.12. The molecule has 0 spiro atoms. The van der Waals surface area contributed by atoms with Crippen LogP contribution >= 0.6 is 23.5 Å². The maximum Gasteiger partial charge on any atom is 0.189 e. The molecule has 0 fully saturated rings. The van der Waals surface area contributed by atoms with Gasteiger partial charge in [-0.25, -0.2) is 9.97 Å². The second-order valence-corrected chi connectivity index (χ2v) is 8.64. The van der Waals surface area contributed by atoms with Gasteiger partial charge in [0.25, 0.3) is 0 Å². The fraction of sp³-hybridized carbons (Fsp3) is 0.273. The molecule has 0 saturated carbocycles. The third-order valence-corrected chi connectivity index (χ3v) is 6.53. The molecule has 0 radical (unpaired) electrons. The van der Waals surface area contributed by atoms with E-state index in [1.54, 1.807) is 23.5 Å². The molecule has 0 bridgehead atoms. The van der Waals surface area contributed by atoms with E-state index in [-0.39, 0.29) is 0 Å². The fourth-order valence-corrected chi connectivity index (χ4v) is 4.99. The van der Waals surface area contributed by atoms with Crippen LogP contribution in [0.4, 0.5) is 0 Å². The maximum absolute atomic E-state index is 4.93. The highest BCUT2D eigenvalue weighted by molar-refractivity contribution is 7.99.